The molecule has 156 valence electrons. The number of hydrogen-bond acceptors (Lipinski definition) is 3. The van der Waals surface area contributed by atoms with E-state index in [1.807, 2.05) is 0 Å². The van der Waals surface area contributed by atoms with Crippen LogP contribution in [0.2, 0.25) is 0 Å². The molecule has 2 fully saturated rings. The first-order valence-electron chi connectivity index (χ1n) is 10.9. The maximum atomic E-state index is 13.2. The first kappa shape index (κ1) is 21.3. The lowest BCUT2D eigenvalue weighted by Gasteiger charge is -2.35. The predicted molar refractivity (Wildman–Crippen MR) is 110 cm³/mol. The van der Waals surface area contributed by atoms with Gasteiger partial charge >= 0.3 is 0 Å². The Morgan fingerprint density at radius 2 is 1.68 bits per heavy atom. The standard InChI is InChI=1S/C23H35FN2O2/c1-17(2)23(18-8-10-19(24)11-9-18)25-22(27)16-26-14-12-21(13-15-26)28-20-6-4-3-5-7-20/h8-11,17,20-21,23H,3-7,12-16H2,1-2H3,(H,25,27). The third kappa shape index (κ3) is 6.28. The Bertz CT molecular complexity index is 606. The molecule has 28 heavy (non-hydrogen) atoms. The van der Waals surface area contributed by atoms with Gasteiger partial charge < -0.3 is 10.1 Å². The third-order valence-corrected chi connectivity index (χ3v) is 6.05. The molecule has 0 spiro atoms. The Labute approximate surface area is 168 Å². The fourth-order valence-electron chi connectivity index (χ4n) is 4.40. The molecule has 2 aliphatic rings. The van der Waals surface area contributed by atoms with Crippen LogP contribution in [0.25, 0.3) is 0 Å². The topological polar surface area (TPSA) is 41.6 Å². The highest BCUT2D eigenvalue weighted by atomic mass is 19.1. The van der Waals surface area contributed by atoms with Crippen molar-refractivity contribution in [3.63, 3.8) is 0 Å². The quantitative estimate of drug-likeness (QED) is 0.748. The van der Waals surface area contributed by atoms with E-state index in [4.69, 9.17) is 4.74 Å². The van der Waals surface area contributed by atoms with Gasteiger partial charge in [0.15, 0.2) is 0 Å². The van der Waals surface area contributed by atoms with Gasteiger partial charge in [-0.1, -0.05) is 45.2 Å². The molecule has 1 aromatic carbocycles. The van der Waals surface area contributed by atoms with E-state index in [2.05, 4.69) is 24.1 Å². The second kappa shape index (κ2) is 10.4. The van der Waals surface area contributed by atoms with Gasteiger partial charge in [0.2, 0.25) is 5.91 Å². The number of benzene rings is 1. The molecule has 1 saturated heterocycles. The molecule has 1 aliphatic carbocycles. The van der Waals surface area contributed by atoms with Crippen LogP contribution in [-0.4, -0.2) is 42.6 Å². The minimum atomic E-state index is -0.254. The smallest absolute Gasteiger partial charge is 0.234 e. The normalized spacial score (nSPS) is 21.0. The van der Waals surface area contributed by atoms with Crippen LogP contribution in [0.4, 0.5) is 4.39 Å². The fourth-order valence-corrected chi connectivity index (χ4v) is 4.40. The molecule has 1 saturated carbocycles. The zero-order valence-electron chi connectivity index (χ0n) is 17.3. The molecule has 0 radical (unpaired) electrons. The van der Waals surface area contributed by atoms with E-state index < -0.39 is 0 Å². The lowest BCUT2D eigenvalue weighted by molar-refractivity contribution is -0.124. The Kier molecular flexibility index (Phi) is 7.86. The van der Waals surface area contributed by atoms with Crippen LogP contribution < -0.4 is 5.32 Å². The molecule has 1 unspecified atom stereocenters. The Morgan fingerprint density at radius 1 is 1.07 bits per heavy atom. The number of hydrogen-bond donors (Lipinski definition) is 1. The van der Waals surface area contributed by atoms with Gasteiger partial charge in [0.1, 0.15) is 5.82 Å². The minimum absolute atomic E-state index is 0.0367. The summed E-state index contributed by atoms with van der Waals surface area (Å²) in [6.45, 7) is 6.38. The van der Waals surface area contributed by atoms with E-state index in [0.29, 0.717) is 18.8 Å². The summed E-state index contributed by atoms with van der Waals surface area (Å²) in [7, 11) is 0. The van der Waals surface area contributed by atoms with E-state index >= 15 is 0 Å². The SMILES string of the molecule is CC(C)C(NC(=O)CN1CCC(OC2CCCCC2)CC1)c1ccc(F)cc1. The van der Waals surface area contributed by atoms with Crippen LogP contribution in [0.15, 0.2) is 24.3 Å². The zero-order valence-corrected chi connectivity index (χ0v) is 17.3. The molecular formula is C23H35FN2O2. The fraction of sp³-hybridized carbons (Fsp3) is 0.696. The minimum Gasteiger partial charge on any atom is -0.375 e. The molecular weight excluding hydrogens is 355 g/mol. The number of carbonyl (C=O) groups excluding carboxylic acids is 1. The Hall–Kier alpha value is -1.46. The summed E-state index contributed by atoms with van der Waals surface area (Å²) in [4.78, 5) is 14.8. The van der Waals surface area contributed by atoms with Crippen molar-refractivity contribution in [2.24, 2.45) is 5.92 Å². The molecule has 4 nitrogen and oxygen atoms in total. The van der Waals surface area contributed by atoms with Crippen molar-refractivity contribution in [1.82, 2.24) is 10.2 Å². The molecule has 5 heteroatoms. The van der Waals surface area contributed by atoms with Crippen molar-refractivity contribution >= 4 is 5.91 Å². The summed E-state index contributed by atoms with van der Waals surface area (Å²) in [5, 5.41) is 3.14. The number of halogens is 1. The summed E-state index contributed by atoms with van der Waals surface area (Å²) in [5.41, 5.74) is 0.948. The first-order valence-corrected chi connectivity index (χ1v) is 10.9. The lowest BCUT2D eigenvalue weighted by atomic mass is 9.96. The Balaban J connectivity index is 1.43. The van der Waals surface area contributed by atoms with Crippen LogP contribution in [0.5, 0.6) is 0 Å². The second-order valence-corrected chi connectivity index (χ2v) is 8.71. The van der Waals surface area contributed by atoms with E-state index in [9.17, 15) is 9.18 Å². The molecule has 1 atom stereocenters. The van der Waals surface area contributed by atoms with Gasteiger partial charge in [-0.3, -0.25) is 9.69 Å². The second-order valence-electron chi connectivity index (χ2n) is 8.71. The third-order valence-electron chi connectivity index (χ3n) is 6.05. The van der Waals surface area contributed by atoms with Gasteiger partial charge in [-0.25, -0.2) is 4.39 Å². The van der Waals surface area contributed by atoms with Crippen molar-refractivity contribution in [3.8, 4) is 0 Å². The summed E-state index contributed by atoms with van der Waals surface area (Å²) in [6, 6.07) is 6.32. The molecule has 1 aromatic rings. The van der Waals surface area contributed by atoms with Crippen molar-refractivity contribution < 1.29 is 13.9 Å². The number of amides is 1. The van der Waals surface area contributed by atoms with Crippen LogP contribution in [0, 0.1) is 11.7 Å². The maximum absolute atomic E-state index is 13.2. The zero-order chi connectivity index (χ0) is 19.9. The number of carbonyl (C=O) groups is 1. The molecule has 1 aliphatic heterocycles. The van der Waals surface area contributed by atoms with E-state index in [1.165, 1.54) is 44.2 Å². The van der Waals surface area contributed by atoms with E-state index in [1.54, 1.807) is 12.1 Å². The van der Waals surface area contributed by atoms with Crippen LogP contribution in [0.3, 0.4) is 0 Å². The van der Waals surface area contributed by atoms with Gasteiger partial charge in [-0.15, -0.1) is 0 Å². The van der Waals surface area contributed by atoms with Crippen molar-refractivity contribution in [3.05, 3.63) is 35.6 Å². The highest BCUT2D eigenvalue weighted by Gasteiger charge is 2.26. The number of nitrogens with one attached hydrogen (secondary N) is 1. The molecule has 1 heterocycles. The monoisotopic (exact) mass is 390 g/mol. The molecule has 0 aromatic heterocycles. The average Bonchev–Trinajstić information content (AvgIpc) is 2.69. The van der Waals surface area contributed by atoms with E-state index in [0.717, 1.165) is 31.5 Å². The number of ether oxygens (including phenoxy) is 1. The summed E-state index contributed by atoms with van der Waals surface area (Å²) in [5.74, 6) is 0.0228. The van der Waals surface area contributed by atoms with Crippen molar-refractivity contribution in [1.29, 1.82) is 0 Å². The molecule has 1 N–H and O–H groups in total. The van der Waals surface area contributed by atoms with Gasteiger partial charge in [0.05, 0.1) is 24.8 Å². The van der Waals surface area contributed by atoms with Crippen LogP contribution in [-0.2, 0) is 9.53 Å². The molecule has 3 rings (SSSR count). The van der Waals surface area contributed by atoms with Gasteiger partial charge in [0, 0.05) is 13.1 Å². The summed E-state index contributed by atoms with van der Waals surface area (Å²) < 4.78 is 19.5. The molecule has 1 amide bonds. The van der Waals surface area contributed by atoms with Gasteiger partial charge in [-0.05, 0) is 49.3 Å². The highest BCUT2D eigenvalue weighted by molar-refractivity contribution is 5.78. The van der Waals surface area contributed by atoms with Gasteiger partial charge in [-0.2, -0.15) is 0 Å². The maximum Gasteiger partial charge on any atom is 0.234 e. The van der Waals surface area contributed by atoms with Crippen molar-refractivity contribution in [2.45, 2.75) is 77.0 Å². The average molecular weight is 391 g/mol. The number of nitrogens with zero attached hydrogens (tertiary/aromatic N) is 1. The summed E-state index contributed by atoms with van der Waals surface area (Å²) >= 11 is 0. The van der Waals surface area contributed by atoms with Crippen LogP contribution >= 0.6 is 0 Å². The van der Waals surface area contributed by atoms with Crippen molar-refractivity contribution in [2.75, 3.05) is 19.6 Å². The lowest BCUT2D eigenvalue weighted by Crippen LogP contribution is -2.45. The largest absolute Gasteiger partial charge is 0.375 e. The van der Waals surface area contributed by atoms with E-state index in [-0.39, 0.29) is 23.7 Å². The van der Waals surface area contributed by atoms with Gasteiger partial charge in [0.25, 0.3) is 0 Å². The Morgan fingerprint density at radius 3 is 2.29 bits per heavy atom. The highest BCUT2D eigenvalue weighted by Crippen LogP contribution is 2.25. The number of likely N-dealkylation sites (tertiary alicyclic amines) is 1. The number of piperidine rings is 1. The predicted octanol–water partition coefficient (Wildman–Crippen LogP) is 4.45. The first-order chi connectivity index (χ1) is 13.5. The molecule has 0 bridgehead atoms. The summed E-state index contributed by atoms with van der Waals surface area (Å²) in [6.07, 6.45) is 9.20. The number of rotatable bonds is 7. The van der Waals surface area contributed by atoms with Crippen LogP contribution in [0.1, 0.15) is 70.4 Å².